The molecular weight excluding hydrogens is 408 g/mol. The maximum absolute atomic E-state index is 14.2. The molecule has 2 N–H and O–H groups in total. The van der Waals surface area contributed by atoms with Gasteiger partial charge in [-0.2, -0.15) is 0 Å². The maximum Gasteiger partial charge on any atom is 0.242 e. The van der Waals surface area contributed by atoms with E-state index in [1.807, 2.05) is 30.3 Å². The fraction of sp³-hybridized carbons (Fsp3) is 0.571. The summed E-state index contributed by atoms with van der Waals surface area (Å²) < 4.78 is 0. The monoisotopic (exact) mass is 450 g/mol. The molecule has 3 rings (SSSR count). The van der Waals surface area contributed by atoms with Gasteiger partial charge in [-0.1, -0.05) is 76.8 Å². The van der Waals surface area contributed by atoms with Gasteiger partial charge in [-0.25, -0.2) is 5.01 Å². The number of carbonyl (C=O) groups excluding carboxylic acids is 1. The van der Waals surface area contributed by atoms with E-state index >= 15 is 0 Å². The molecule has 1 aromatic carbocycles. The molecule has 1 aliphatic rings. The number of aromatic nitrogens is 1. The lowest BCUT2D eigenvalue weighted by Crippen LogP contribution is -2.65. The Morgan fingerprint density at radius 3 is 2.42 bits per heavy atom. The number of hydrazine groups is 1. The van der Waals surface area contributed by atoms with Gasteiger partial charge in [-0.15, -0.1) is 0 Å². The van der Waals surface area contributed by atoms with Gasteiger partial charge in [0, 0.05) is 25.5 Å². The van der Waals surface area contributed by atoms with E-state index in [4.69, 9.17) is 0 Å². The minimum atomic E-state index is -0.581. The van der Waals surface area contributed by atoms with E-state index in [1.54, 1.807) is 12.4 Å². The third-order valence-corrected chi connectivity index (χ3v) is 6.96. The van der Waals surface area contributed by atoms with E-state index in [2.05, 4.69) is 53.6 Å². The zero-order valence-electron chi connectivity index (χ0n) is 20.7. The van der Waals surface area contributed by atoms with E-state index in [0.29, 0.717) is 18.4 Å². The fourth-order valence-electron chi connectivity index (χ4n) is 5.20. The highest BCUT2D eigenvalue weighted by Gasteiger charge is 2.49. The number of anilines is 1. The largest absolute Gasteiger partial charge is 0.350 e. The fourth-order valence-corrected chi connectivity index (χ4v) is 5.20. The molecule has 5 nitrogen and oxygen atoms in total. The van der Waals surface area contributed by atoms with Crippen molar-refractivity contribution >= 4 is 11.6 Å². The number of hydrogen-bond donors (Lipinski definition) is 2. The molecule has 33 heavy (non-hydrogen) atoms. The molecule has 1 amide bonds. The third kappa shape index (κ3) is 6.80. The van der Waals surface area contributed by atoms with Crippen molar-refractivity contribution < 1.29 is 4.79 Å². The molecule has 0 spiro atoms. The van der Waals surface area contributed by atoms with Gasteiger partial charge in [0.25, 0.3) is 0 Å². The highest BCUT2D eigenvalue weighted by molar-refractivity contribution is 5.87. The minimum absolute atomic E-state index is 0.158. The second-order valence-corrected chi connectivity index (χ2v) is 9.86. The first-order valence-corrected chi connectivity index (χ1v) is 12.8. The zero-order chi connectivity index (χ0) is 23.5. The molecule has 1 unspecified atom stereocenters. The number of benzene rings is 1. The summed E-state index contributed by atoms with van der Waals surface area (Å²) in [5.74, 6) is 1.05. The molecule has 0 saturated heterocycles. The van der Waals surface area contributed by atoms with Gasteiger partial charge >= 0.3 is 0 Å². The van der Waals surface area contributed by atoms with Crippen molar-refractivity contribution in [3.8, 4) is 0 Å². The molecule has 0 aliphatic heterocycles. The number of nitrogens with zero attached hydrogens (tertiary/aromatic N) is 2. The SMILES string of the molecule is CCCC(C(=O)NCc1ccccc1)(C1CCCCC1)N(CCC(C)C)Nc1ccncc1. The summed E-state index contributed by atoms with van der Waals surface area (Å²) in [5.41, 5.74) is 5.21. The van der Waals surface area contributed by atoms with Crippen LogP contribution in [-0.4, -0.2) is 28.0 Å². The zero-order valence-corrected chi connectivity index (χ0v) is 20.7. The van der Waals surface area contributed by atoms with Crippen LogP contribution in [0.5, 0.6) is 0 Å². The summed E-state index contributed by atoms with van der Waals surface area (Å²) in [6.07, 6.45) is 12.3. The van der Waals surface area contributed by atoms with E-state index in [9.17, 15) is 4.79 Å². The van der Waals surface area contributed by atoms with Crippen LogP contribution in [0, 0.1) is 11.8 Å². The van der Waals surface area contributed by atoms with Crippen LogP contribution < -0.4 is 10.7 Å². The first-order chi connectivity index (χ1) is 16.1. The van der Waals surface area contributed by atoms with Gasteiger partial charge < -0.3 is 10.7 Å². The van der Waals surface area contributed by atoms with Gasteiger partial charge in [-0.3, -0.25) is 9.78 Å². The lowest BCUT2D eigenvalue weighted by atomic mass is 9.71. The molecule has 0 radical (unpaired) electrons. The van der Waals surface area contributed by atoms with Crippen LogP contribution in [0.2, 0.25) is 0 Å². The van der Waals surface area contributed by atoms with Crippen molar-refractivity contribution in [1.82, 2.24) is 15.3 Å². The van der Waals surface area contributed by atoms with Crippen LogP contribution in [0.4, 0.5) is 5.69 Å². The van der Waals surface area contributed by atoms with E-state index < -0.39 is 5.54 Å². The summed E-state index contributed by atoms with van der Waals surface area (Å²) in [6, 6.07) is 14.2. The number of nitrogens with one attached hydrogen (secondary N) is 2. The molecule has 5 heteroatoms. The molecule has 2 aromatic rings. The highest BCUT2D eigenvalue weighted by atomic mass is 16.2. The predicted molar refractivity (Wildman–Crippen MR) is 137 cm³/mol. The number of amides is 1. The second-order valence-electron chi connectivity index (χ2n) is 9.86. The minimum Gasteiger partial charge on any atom is -0.350 e. The number of rotatable bonds is 12. The normalized spacial score (nSPS) is 16.5. The Morgan fingerprint density at radius 1 is 1.09 bits per heavy atom. The van der Waals surface area contributed by atoms with Crippen molar-refractivity contribution in [3.63, 3.8) is 0 Å². The lowest BCUT2D eigenvalue weighted by Gasteiger charge is -2.49. The highest BCUT2D eigenvalue weighted by Crippen LogP contribution is 2.40. The second kappa shape index (κ2) is 12.7. The Bertz CT molecular complexity index is 820. The van der Waals surface area contributed by atoms with Crippen molar-refractivity contribution in [2.75, 3.05) is 12.0 Å². The first-order valence-electron chi connectivity index (χ1n) is 12.8. The summed E-state index contributed by atoms with van der Waals surface area (Å²) in [4.78, 5) is 18.4. The molecule has 1 atom stereocenters. The number of pyridine rings is 1. The van der Waals surface area contributed by atoms with Gasteiger partial charge in [-0.05, 0) is 55.2 Å². The Hall–Kier alpha value is -2.40. The molecule has 1 heterocycles. The Kier molecular flexibility index (Phi) is 9.74. The average Bonchev–Trinajstić information content (AvgIpc) is 2.85. The lowest BCUT2D eigenvalue weighted by molar-refractivity contribution is -0.139. The van der Waals surface area contributed by atoms with Crippen molar-refractivity contribution in [2.45, 2.75) is 84.2 Å². The smallest absolute Gasteiger partial charge is 0.242 e. The van der Waals surface area contributed by atoms with E-state index in [1.165, 1.54) is 19.3 Å². The van der Waals surface area contributed by atoms with Crippen molar-refractivity contribution in [1.29, 1.82) is 0 Å². The summed E-state index contributed by atoms with van der Waals surface area (Å²) >= 11 is 0. The molecule has 1 saturated carbocycles. The molecule has 1 aromatic heterocycles. The van der Waals surface area contributed by atoms with Gasteiger partial charge in [0.2, 0.25) is 5.91 Å². The molecular formula is C28H42N4O. The van der Waals surface area contributed by atoms with Crippen LogP contribution in [0.1, 0.15) is 77.7 Å². The molecule has 180 valence electrons. The van der Waals surface area contributed by atoms with Gasteiger partial charge in [0.1, 0.15) is 5.54 Å². The van der Waals surface area contributed by atoms with E-state index in [0.717, 1.165) is 49.9 Å². The maximum atomic E-state index is 14.2. The number of hydrogen-bond acceptors (Lipinski definition) is 4. The molecule has 0 bridgehead atoms. The number of carbonyl (C=O) groups is 1. The Morgan fingerprint density at radius 2 is 1.79 bits per heavy atom. The van der Waals surface area contributed by atoms with Crippen LogP contribution in [0.3, 0.4) is 0 Å². The predicted octanol–water partition coefficient (Wildman–Crippen LogP) is 6.19. The first kappa shape index (κ1) is 25.2. The van der Waals surface area contributed by atoms with Crippen LogP contribution >= 0.6 is 0 Å². The quantitative estimate of drug-likeness (QED) is 0.378. The third-order valence-electron chi connectivity index (χ3n) is 6.96. The molecule has 1 aliphatic carbocycles. The van der Waals surface area contributed by atoms with Gasteiger partial charge in [0.05, 0.1) is 5.69 Å². The summed E-state index contributed by atoms with van der Waals surface area (Å²) in [7, 11) is 0. The van der Waals surface area contributed by atoms with Crippen LogP contribution in [0.15, 0.2) is 54.9 Å². The topological polar surface area (TPSA) is 57.3 Å². The van der Waals surface area contributed by atoms with E-state index in [-0.39, 0.29) is 5.91 Å². The van der Waals surface area contributed by atoms with Crippen LogP contribution in [0.25, 0.3) is 0 Å². The standard InChI is InChI=1S/C28H42N4O/c1-4-18-28(25-13-9-6-10-14-25,27(33)30-22-24-11-7-5-8-12-24)32(21-17-23(2)3)31-26-15-19-29-20-16-26/h5,7-8,11-12,15-16,19-20,23,25H,4,6,9-10,13-14,17-18,21-22H2,1-3H3,(H,29,31)(H,30,33). The van der Waals surface area contributed by atoms with Crippen molar-refractivity contribution in [3.05, 3.63) is 60.4 Å². The van der Waals surface area contributed by atoms with Gasteiger partial charge in [0.15, 0.2) is 0 Å². The molecule has 1 fully saturated rings. The Labute approximate surface area is 200 Å². The van der Waals surface area contributed by atoms with Crippen molar-refractivity contribution in [2.24, 2.45) is 11.8 Å². The summed E-state index contributed by atoms with van der Waals surface area (Å²) in [5, 5.41) is 5.64. The van der Waals surface area contributed by atoms with Crippen LogP contribution in [-0.2, 0) is 11.3 Å². The Balaban J connectivity index is 1.96. The summed E-state index contributed by atoms with van der Waals surface area (Å²) in [6.45, 7) is 8.10. The average molecular weight is 451 g/mol.